The van der Waals surface area contributed by atoms with Crippen LogP contribution in [0.4, 0.5) is 0 Å². The van der Waals surface area contributed by atoms with Crippen LogP contribution in [0.5, 0.6) is 11.5 Å². The van der Waals surface area contributed by atoms with Crippen LogP contribution in [0.15, 0.2) is 47.4 Å². The Morgan fingerprint density at radius 2 is 1.64 bits per heavy atom. The summed E-state index contributed by atoms with van der Waals surface area (Å²) in [5.74, 6) is -0.252. The number of ether oxygens (including phenoxy) is 2. The van der Waals surface area contributed by atoms with E-state index in [0.29, 0.717) is 34.8 Å². The zero-order valence-corrected chi connectivity index (χ0v) is 19.4. The van der Waals surface area contributed by atoms with E-state index in [1.165, 1.54) is 4.31 Å². The minimum Gasteiger partial charge on any atom is -0.485 e. The van der Waals surface area contributed by atoms with E-state index < -0.39 is 28.0 Å². The predicted molar refractivity (Wildman–Crippen MR) is 120 cm³/mol. The topological polar surface area (TPSA) is 114 Å². The maximum absolute atomic E-state index is 13.0. The Morgan fingerprint density at radius 1 is 0.970 bits per heavy atom. The minimum atomic E-state index is -3.62. The van der Waals surface area contributed by atoms with Crippen LogP contribution in [-0.4, -0.2) is 50.3 Å². The van der Waals surface area contributed by atoms with Crippen LogP contribution in [0, 0.1) is 19.8 Å². The highest BCUT2D eigenvalue weighted by Gasteiger charge is 2.33. The Hall–Kier alpha value is -3.11. The standard InChI is InChI=1S/C23H27N3O6S/c1-15-7-8-21(16(2)13-15)33(29,30)26-11-9-17(10-12-26)22(27)24-25-23(28)20-14-31-18-5-3-4-6-19(18)32-20/h3-8,13,17,20H,9-12,14H2,1-2H3,(H,24,27)(H,25,28). The normalized spacial score (nSPS) is 19.0. The summed E-state index contributed by atoms with van der Waals surface area (Å²) in [6.07, 6.45) is -0.158. The fraction of sp³-hybridized carbons (Fsp3) is 0.391. The van der Waals surface area contributed by atoms with Gasteiger partial charge in [0.15, 0.2) is 11.5 Å². The van der Waals surface area contributed by atoms with Gasteiger partial charge in [-0.15, -0.1) is 0 Å². The Bertz CT molecular complexity index is 1160. The summed E-state index contributed by atoms with van der Waals surface area (Å²) in [6, 6.07) is 12.3. The number of para-hydroxylation sites is 2. The van der Waals surface area contributed by atoms with Gasteiger partial charge in [-0.25, -0.2) is 8.42 Å². The van der Waals surface area contributed by atoms with Gasteiger partial charge < -0.3 is 9.47 Å². The molecule has 0 bridgehead atoms. The number of benzene rings is 2. The van der Waals surface area contributed by atoms with Crippen LogP contribution in [0.3, 0.4) is 0 Å². The van der Waals surface area contributed by atoms with E-state index in [0.717, 1.165) is 5.56 Å². The van der Waals surface area contributed by atoms with Gasteiger partial charge in [-0.1, -0.05) is 29.8 Å². The molecular formula is C23H27N3O6S. The molecule has 0 radical (unpaired) electrons. The van der Waals surface area contributed by atoms with Gasteiger partial charge in [0.2, 0.25) is 22.0 Å². The molecule has 1 atom stereocenters. The molecule has 2 amide bonds. The van der Waals surface area contributed by atoms with E-state index >= 15 is 0 Å². The Kier molecular flexibility index (Phi) is 6.57. The summed E-state index contributed by atoms with van der Waals surface area (Å²) >= 11 is 0. The number of fused-ring (bicyclic) bond motifs is 1. The van der Waals surface area contributed by atoms with Gasteiger partial charge in [-0.3, -0.25) is 20.4 Å². The molecule has 1 unspecified atom stereocenters. The molecule has 9 nitrogen and oxygen atoms in total. The van der Waals surface area contributed by atoms with Crippen molar-refractivity contribution in [2.24, 2.45) is 5.92 Å². The molecule has 33 heavy (non-hydrogen) atoms. The molecule has 2 aromatic rings. The SMILES string of the molecule is Cc1ccc(S(=O)(=O)N2CCC(C(=O)NNC(=O)C3COc4ccccc4O3)CC2)c(C)c1. The highest BCUT2D eigenvalue weighted by Crippen LogP contribution is 2.31. The third-order valence-corrected chi connectivity index (χ3v) is 7.94. The predicted octanol–water partition coefficient (Wildman–Crippen LogP) is 1.69. The van der Waals surface area contributed by atoms with Crippen molar-refractivity contribution in [3.63, 3.8) is 0 Å². The molecule has 176 valence electrons. The highest BCUT2D eigenvalue weighted by atomic mass is 32.2. The van der Waals surface area contributed by atoms with Crippen molar-refractivity contribution in [3.05, 3.63) is 53.6 Å². The third kappa shape index (κ3) is 4.96. The second-order valence-electron chi connectivity index (χ2n) is 8.29. The highest BCUT2D eigenvalue weighted by molar-refractivity contribution is 7.89. The second kappa shape index (κ2) is 9.40. The van der Waals surface area contributed by atoms with E-state index in [4.69, 9.17) is 9.47 Å². The first-order chi connectivity index (χ1) is 15.8. The lowest BCUT2D eigenvalue weighted by Gasteiger charge is -2.31. The summed E-state index contributed by atoms with van der Waals surface area (Å²) in [4.78, 5) is 25.2. The van der Waals surface area contributed by atoms with E-state index in [1.54, 1.807) is 43.3 Å². The third-order valence-electron chi connectivity index (χ3n) is 5.88. The summed E-state index contributed by atoms with van der Waals surface area (Å²) in [7, 11) is -3.62. The Morgan fingerprint density at radius 3 is 2.33 bits per heavy atom. The number of hydrazine groups is 1. The first kappa shape index (κ1) is 23.1. The second-order valence-corrected chi connectivity index (χ2v) is 10.2. The van der Waals surface area contributed by atoms with Crippen molar-refractivity contribution < 1.29 is 27.5 Å². The number of hydrogen-bond donors (Lipinski definition) is 2. The van der Waals surface area contributed by atoms with Gasteiger partial charge in [0.25, 0.3) is 5.91 Å². The lowest BCUT2D eigenvalue weighted by atomic mass is 9.98. The van der Waals surface area contributed by atoms with Gasteiger partial charge >= 0.3 is 0 Å². The zero-order valence-electron chi connectivity index (χ0n) is 18.5. The van der Waals surface area contributed by atoms with Crippen molar-refractivity contribution in [2.45, 2.75) is 37.7 Å². The van der Waals surface area contributed by atoms with Crippen molar-refractivity contribution >= 4 is 21.8 Å². The molecule has 2 N–H and O–H groups in total. The minimum absolute atomic E-state index is 0.0351. The number of piperidine rings is 1. The van der Waals surface area contributed by atoms with Crippen LogP contribution in [-0.2, 0) is 19.6 Å². The van der Waals surface area contributed by atoms with Crippen molar-refractivity contribution in [3.8, 4) is 11.5 Å². The summed E-state index contributed by atoms with van der Waals surface area (Å²) in [6.45, 7) is 4.20. The molecule has 10 heteroatoms. The fourth-order valence-electron chi connectivity index (χ4n) is 4.04. The smallest absolute Gasteiger partial charge is 0.283 e. The number of sulfonamides is 1. The summed E-state index contributed by atoms with van der Waals surface area (Å²) < 4.78 is 38.6. The number of hydrogen-bond acceptors (Lipinski definition) is 6. The fourth-order valence-corrected chi connectivity index (χ4v) is 5.72. The Labute approximate surface area is 193 Å². The number of carbonyl (C=O) groups is 2. The number of nitrogens with zero attached hydrogens (tertiary/aromatic N) is 1. The average Bonchev–Trinajstić information content (AvgIpc) is 2.81. The number of rotatable bonds is 4. The van der Waals surface area contributed by atoms with Crippen molar-refractivity contribution in [1.29, 1.82) is 0 Å². The van der Waals surface area contributed by atoms with Gasteiger partial charge in [-0.05, 0) is 50.5 Å². The van der Waals surface area contributed by atoms with Crippen molar-refractivity contribution in [2.75, 3.05) is 19.7 Å². The monoisotopic (exact) mass is 473 g/mol. The quantitative estimate of drug-likeness (QED) is 0.654. The summed E-state index contributed by atoms with van der Waals surface area (Å²) in [5, 5.41) is 0. The molecule has 0 saturated carbocycles. The van der Waals surface area contributed by atoms with Gasteiger partial charge in [0, 0.05) is 19.0 Å². The molecule has 2 aliphatic heterocycles. The molecule has 0 aliphatic carbocycles. The van der Waals surface area contributed by atoms with Gasteiger partial charge in [0.05, 0.1) is 4.90 Å². The van der Waals surface area contributed by atoms with E-state index in [-0.39, 0.29) is 25.6 Å². The Balaban J connectivity index is 1.28. The van der Waals surface area contributed by atoms with Crippen molar-refractivity contribution in [1.82, 2.24) is 15.2 Å². The first-order valence-corrected chi connectivity index (χ1v) is 12.3. The van der Waals surface area contributed by atoms with Crippen LogP contribution >= 0.6 is 0 Å². The lowest BCUT2D eigenvalue weighted by Crippen LogP contribution is -2.53. The largest absolute Gasteiger partial charge is 0.485 e. The molecule has 0 spiro atoms. The van der Waals surface area contributed by atoms with Crippen LogP contribution in [0.1, 0.15) is 24.0 Å². The number of nitrogens with one attached hydrogen (secondary N) is 2. The van der Waals surface area contributed by atoms with Gasteiger partial charge in [-0.2, -0.15) is 4.31 Å². The zero-order chi connectivity index (χ0) is 23.6. The molecular weight excluding hydrogens is 446 g/mol. The maximum Gasteiger partial charge on any atom is 0.283 e. The molecule has 2 heterocycles. The van der Waals surface area contributed by atoms with Crippen LogP contribution < -0.4 is 20.3 Å². The number of amides is 2. The lowest BCUT2D eigenvalue weighted by molar-refractivity contribution is -0.136. The molecule has 2 aliphatic rings. The average molecular weight is 474 g/mol. The number of aryl methyl sites for hydroxylation is 2. The van der Waals surface area contributed by atoms with E-state index in [1.807, 2.05) is 13.0 Å². The van der Waals surface area contributed by atoms with E-state index in [2.05, 4.69) is 10.9 Å². The molecule has 0 aromatic heterocycles. The molecule has 1 saturated heterocycles. The van der Waals surface area contributed by atoms with Crippen LogP contribution in [0.25, 0.3) is 0 Å². The molecule has 4 rings (SSSR count). The molecule has 2 aromatic carbocycles. The van der Waals surface area contributed by atoms with E-state index in [9.17, 15) is 18.0 Å². The summed E-state index contributed by atoms with van der Waals surface area (Å²) in [5.41, 5.74) is 6.52. The maximum atomic E-state index is 13.0. The van der Waals surface area contributed by atoms with Gasteiger partial charge in [0.1, 0.15) is 6.61 Å². The first-order valence-electron chi connectivity index (χ1n) is 10.8. The van der Waals surface area contributed by atoms with Crippen LogP contribution in [0.2, 0.25) is 0 Å². The molecule has 1 fully saturated rings. The number of carbonyl (C=O) groups excluding carboxylic acids is 2.